The minimum Gasteiger partial charge on any atom is -0.454 e. The molecule has 162 valence electrons. The first-order chi connectivity index (χ1) is 16.3. The van der Waals surface area contributed by atoms with Crippen molar-refractivity contribution in [1.82, 2.24) is 0 Å². The lowest BCUT2D eigenvalue weighted by atomic mass is 9.80. The molecule has 2 heterocycles. The second-order valence-corrected chi connectivity index (χ2v) is 8.25. The number of para-hydroxylation sites is 3. The second-order valence-electron chi connectivity index (χ2n) is 8.25. The van der Waals surface area contributed by atoms with Crippen LogP contribution in [0.4, 0.5) is 5.69 Å². The van der Waals surface area contributed by atoms with Crippen LogP contribution >= 0.6 is 0 Å². The van der Waals surface area contributed by atoms with Crippen LogP contribution in [-0.4, -0.2) is 17.7 Å². The highest BCUT2D eigenvalue weighted by Crippen LogP contribution is 2.54. The molecule has 0 fully saturated rings. The maximum atomic E-state index is 9.79. The quantitative estimate of drug-likeness (QED) is 0.308. The first-order valence-corrected chi connectivity index (χ1v) is 10.9. The summed E-state index contributed by atoms with van der Waals surface area (Å²) in [5.74, 6) is 2.28. The molecular formula is C28H22N2O3. The molecule has 6 rings (SSSR count). The van der Waals surface area contributed by atoms with Crippen LogP contribution < -0.4 is 9.64 Å². The fourth-order valence-electron chi connectivity index (χ4n) is 4.99. The monoisotopic (exact) mass is 434 g/mol. The molecule has 1 N–H and O–H groups in total. The summed E-state index contributed by atoms with van der Waals surface area (Å²) in [4.78, 5) is 12.4. The zero-order valence-electron chi connectivity index (χ0n) is 17.8. The molecule has 0 radical (unpaired) electrons. The summed E-state index contributed by atoms with van der Waals surface area (Å²) in [7, 11) is 0. The van der Waals surface area contributed by atoms with Gasteiger partial charge in [-0.15, -0.1) is 0 Å². The van der Waals surface area contributed by atoms with E-state index in [0.29, 0.717) is 0 Å². The molecule has 0 saturated heterocycles. The van der Waals surface area contributed by atoms with Gasteiger partial charge in [0.2, 0.25) is 0 Å². The van der Waals surface area contributed by atoms with E-state index in [9.17, 15) is 5.26 Å². The van der Waals surface area contributed by atoms with Crippen molar-refractivity contribution in [3.63, 3.8) is 0 Å². The fraction of sp³-hybridized carbons (Fsp3) is 0.107. The van der Waals surface area contributed by atoms with Gasteiger partial charge in [0.25, 0.3) is 0 Å². The van der Waals surface area contributed by atoms with Gasteiger partial charge in [-0.3, -0.25) is 10.2 Å². The van der Waals surface area contributed by atoms with Crippen LogP contribution in [0, 0.1) is 0 Å². The minimum absolute atomic E-state index is 0.00175. The van der Waals surface area contributed by atoms with Crippen LogP contribution in [0.5, 0.6) is 11.5 Å². The third kappa shape index (κ3) is 3.05. The van der Waals surface area contributed by atoms with Gasteiger partial charge >= 0.3 is 0 Å². The fourth-order valence-corrected chi connectivity index (χ4v) is 4.99. The van der Waals surface area contributed by atoms with Crippen molar-refractivity contribution in [2.75, 3.05) is 11.5 Å². The number of aliphatic imine (C=N–C) groups is 1. The largest absolute Gasteiger partial charge is 0.454 e. The lowest BCUT2D eigenvalue weighted by molar-refractivity contribution is -0.255. The average Bonchev–Trinajstić information content (AvgIpc) is 3.15. The number of ether oxygens (including phenoxy) is 1. The number of hydrogen-bond donors (Lipinski definition) is 1. The Balaban J connectivity index is 1.70. The SMILES string of the molecule is OOC[C@]1(c2ccccc2)N=C2c3ccccc3Oc3ccccc3N2[C@@H]1c1ccccc1. The van der Waals surface area contributed by atoms with Gasteiger partial charge in [-0.05, 0) is 35.4 Å². The van der Waals surface area contributed by atoms with Crippen molar-refractivity contribution < 1.29 is 14.9 Å². The van der Waals surface area contributed by atoms with Crippen molar-refractivity contribution >= 4 is 11.5 Å². The highest BCUT2D eigenvalue weighted by atomic mass is 17.1. The van der Waals surface area contributed by atoms with Crippen LogP contribution in [0.25, 0.3) is 0 Å². The summed E-state index contributed by atoms with van der Waals surface area (Å²) < 4.78 is 6.35. The Hall–Kier alpha value is -3.93. The molecule has 0 aliphatic carbocycles. The van der Waals surface area contributed by atoms with Crippen molar-refractivity contribution in [2.24, 2.45) is 4.99 Å². The number of nitrogens with zero attached hydrogens (tertiary/aromatic N) is 2. The molecule has 33 heavy (non-hydrogen) atoms. The minimum atomic E-state index is -0.885. The van der Waals surface area contributed by atoms with Crippen LogP contribution in [0.2, 0.25) is 0 Å². The van der Waals surface area contributed by atoms with Crippen LogP contribution in [0.3, 0.4) is 0 Å². The Morgan fingerprint density at radius 2 is 1.42 bits per heavy atom. The molecule has 0 spiro atoms. The lowest BCUT2D eigenvalue weighted by Gasteiger charge is -2.37. The Kier molecular flexibility index (Phi) is 4.72. The Bertz CT molecular complexity index is 1320. The van der Waals surface area contributed by atoms with Crippen LogP contribution in [0.1, 0.15) is 22.7 Å². The van der Waals surface area contributed by atoms with Gasteiger partial charge in [0, 0.05) is 0 Å². The summed E-state index contributed by atoms with van der Waals surface area (Å²) in [5.41, 5.74) is 2.95. The number of fused-ring (bicyclic) bond motifs is 5. The summed E-state index contributed by atoms with van der Waals surface area (Å²) in [6.07, 6.45) is 0. The molecule has 0 aromatic heterocycles. The van der Waals surface area contributed by atoms with Gasteiger partial charge in [-0.1, -0.05) is 84.9 Å². The van der Waals surface area contributed by atoms with Gasteiger partial charge in [0.05, 0.1) is 17.3 Å². The summed E-state index contributed by atoms with van der Waals surface area (Å²) >= 11 is 0. The molecule has 5 nitrogen and oxygen atoms in total. The van der Waals surface area contributed by atoms with E-state index in [4.69, 9.17) is 14.6 Å². The van der Waals surface area contributed by atoms with Gasteiger partial charge in [-0.25, -0.2) is 4.89 Å². The zero-order valence-corrected chi connectivity index (χ0v) is 17.8. The van der Waals surface area contributed by atoms with Gasteiger partial charge < -0.3 is 9.64 Å². The van der Waals surface area contributed by atoms with E-state index >= 15 is 0 Å². The standard InChI is InChI=1S/C28H22N2O3/c31-32-19-28(21-13-5-2-6-14-21)26(20-11-3-1-4-12-20)30-23-16-8-10-18-25(23)33-24-17-9-7-15-22(24)27(30)29-28/h1-18,26,31H,19H2/t26-,28-/m1/s1. The molecule has 4 aromatic rings. The number of amidine groups is 1. The molecular weight excluding hydrogens is 412 g/mol. The maximum Gasteiger partial charge on any atom is 0.151 e. The van der Waals surface area contributed by atoms with E-state index in [1.807, 2.05) is 97.1 Å². The Morgan fingerprint density at radius 1 is 0.788 bits per heavy atom. The normalized spacial score (nSPS) is 20.7. The second kappa shape index (κ2) is 7.89. The van der Waals surface area contributed by atoms with Gasteiger partial charge in [-0.2, -0.15) is 0 Å². The van der Waals surface area contributed by atoms with Gasteiger partial charge in [0.15, 0.2) is 5.75 Å². The summed E-state index contributed by atoms with van der Waals surface area (Å²) in [6, 6.07) is 35.9. The van der Waals surface area contributed by atoms with E-state index in [2.05, 4.69) is 17.0 Å². The zero-order chi connectivity index (χ0) is 22.3. The lowest BCUT2D eigenvalue weighted by Crippen LogP contribution is -2.41. The molecule has 2 aliphatic rings. The first-order valence-electron chi connectivity index (χ1n) is 10.9. The van der Waals surface area contributed by atoms with E-state index in [0.717, 1.165) is 39.7 Å². The maximum absolute atomic E-state index is 9.79. The molecule has 0 amide bonds. The molecule has 2 aliphatic heterocycles. The van der Waals surface area contributed by atoms with Crippen molar-refractivity contribution in [3.8, 4) is 11.5 Å². The van der Waals surface area contributed by atoms with E-state index in [1.54, 1.807) is 0 Å². The van der Waals surface area contributed by atoms with E-state index in [-0.39, 0.29) is 12.6 Å². The third-order valence-electron chi connectivity index (χ3n) is 6.39. The number of benzene rings is 4. The smallest absolute Gasteiger partial charge is 0.151 e. The van der Waals surface area contributed by atoms with Gasteiger partial charge in [0.1, 0.15) is 23.7 Å². The number of hydrogen-bond acceptors (Lipinski definition) is 5. The van der Waals surface area contributed by atoms with Crippen molar-refractivity contribution in [3.05, 3.63) is 126 Å². The molecule has 2 atom stereocenters. The molecule has 0 bridgehead atoms. The molecule has 5 heteroatoms. The summed E-state index contributed by atoms with van der Waals surface area (Å²) in [5, 5.41) is 9.79. The Labute approximate surface area is 192 Å². The highest BCUT2D eigenvalue weighted by molar-refractivity contribution is 6.15. The van der Waals surface area contributed by atoms with E-state index < -0.39 is 5.54 Å². The number of rotatable bonds is 4. The third-order valence-corrected chi connectivity index (χ3v) is 6.39. The highest BCUT2D eigenvalue weighted by Gasteiger charge is 2.53. The average molecular weight is 434 g/mol. The topological polar surface area (TPSA) is 54.3 Å². The predicted molar refractivity (Wildman–Crippen MR) is 128 cm³/mol. The van der Waals surface area contributed by atoms with Crippen LogP contribution in [0.15, 0.2) is 114 Å². The van der Waals surface area contributed by atoms with Crippen molar-refractivity contribution in [1.29, 1.82) is 0 Å². The molecule has 4 aromatic carbocycles. The van der Waals surface area contributed by atoms with Crippen molar-refractivity contribution in [2.45, 2.75) is 11.6 Å². The first kappa shape index (κ1) is 19.7. The molecule has 0 saturated carbocycles. The molecule has 0 unspecified atom stereocenters. The number of anilines is 1. The van der Waals surface area contributed by atoms with E-state index in [1.165, 1.54) is 0 Å². The van der Waals surface area contributed by atoms with Crippen LogP contribution in [-0.2, 0) is 10.4 Å². The predicted octanol–water partition coefficient (Wildman–Crippen LogP) is 6.19. The summed E-state index contributed by atoms with van der Waals surface area (Å²) in [6.45, 7) is 0.00175. The Morgan fingerprint density at radius 3 is 2.18 bits per heavy atom.